The van der Waals surface area contributed by atoms with Gasteiger partial charge in [0.15, 0.2) is 0 Å². The fourth-order valence-electron chi connectivity index (χ4n) is 4.67. The summed E-state index contributed by atoms with van der Waals surface area (Å²) >= 11 is 1.36. The normalized spacial score (nSPS) is 13.4. The monoisotopic (exact) mass is 632 g/mol. The Morgan fingerprint density at radius 3 is 1.84 bits per heavy atom. The Bertz CT molecular complexity index is 1540. The smallest absolute Gasteiger partial charge is 0.0178 e. The molecule has 0 bridgehead atoms. The van der Waals surface area contributed by atoms with Crippen LogP contribution >= 0.6 is 24.8 Å². The van der Waals surface area contributed by atoms with Gasteiger partial charge in [-0.1, -0.05) is 80.8 Å². The summed E-state index contributed by atoms with van der Waals surface area (Å²) in [6.45, 7) is 11.7. The molecule has 1 aliphatic carbocycles. The minimum atomic E-state index is 0. The van der Waals surface area contributed by atoms with E-state index in [2.05, 4.69) is 132 Å². The molecule has 1 unspecified atom stereocenters. The predicted octanol–water partition coefficient (Wildman–Crippen LogP) is 10.6. The van der Waals surface area contributed by atoms with Crippen molar-refractivity contribution < 1.29 is 23.3 Å². The third-order valence-electron chi connectivity index (χ3n) is 6.93. The van der Waals surface area contributed by atoms with Crippen LogP contribution in [0.4, 0.5) is 0 Å². The molecule has 0 saturated carbocycles. The first kappa shape index (κ1) is 36.2. The van der Waals surface area contributed by atoms with E-state index in [1.165, 1.54) is 83.5 Å². The van der Waals surface area contributed by atoms with E-state index in [1.807, 2.05) is 0 Å². The number of allylic oxidation sites excluding steroid dienone is 4. The van der Waals surface area contributed by atoms with Crippen LogP contribution in [0.1, 0.15) is 27.7 Å². The Balaban J connectivity index is 0.000000791. The quantitative estimate of drug-likeness (QED) is 0.0978. The van der Waals surface area contributed by atoms with E-state index in [1.54, 1.807) is 0 Å². The van der Waals surface area contributed by atoms with Crippen molar-refractivity contribution in [3.63, 3.8) is 0 Å². The van der Waals surface area contributed by atoms with Crippen LogP contribution in [0.5, 0.6) is 0 Å². The second kappa shape index (κ2) is 16.3. The molecule has 6 rings (SSSR count). The van der Waals surface area contributed by atoms with Crippen molar-refractivity contribution in [3.05, 3.63) is 129 Å². The number of hydrogen-bond donors (Lipinski definition) is 0. The van der Waals surface area contributed by atoms with Crippen molar-refractivity contribution in [2.45, 2.75) is 27.7 Å². The van der Waals surface area contributed by atoms with E-state index in [9.17, 15) is 0 Å². The van der Waals surface area contributed by atoms with Crippen LogP contribution in [0.3, 0.4) is 0 Å². The molecular formula is C34H36Cl2SiZr-4. The molecule has 0 aromatic heterocycles. The molecule has 0 saturated heterocycles. The molecule has 1 atom stereocenters. The van der Waals surface area contributed by atoms with Crippen LogP contribution < -0.4 is 0 Å². The molecule has 4 heteroatoms. The molecule has 0 fully saturated rings. The molecule has 198 valence electrons. The molecule has 0 amide bonds. The molecule has 0 nitrogen and oxygen atoms in total. The molecule has 1 aliphatic rings. The standard InChI is InChI=1S/C23H15.C9H13.2CH3.2ClH.Si.Zr/c1-2-7-18-14-21-15-20(10-9-19(21)13-17(18)6-1)23-12-11-16-5-3-4-8-22(16)23;1-6-5-7(2)9(4)8(6)3;;;;;;/h1-15H;6H,1-4H3;2*1H3;2*1H;;/q4*-1;;;;. The summed E-state index contributed by atoms with van der Waals surface area (Å²) in [6, 6.07) is 32.9. The van der Waals surface area contributed by atoms with Crippen LogP contribution in [0.15, 0.2) is 108 Å². The molecule has 5 aromatic rings. The van der Waals surface area contributed by atoms with Gasteiger partial charge in [-0.05, 0) is 33.7 Å². The summed E-state index contributed by atoms with van der Waals surface area (Å²) in [4.78, 5) is 0. The second-order valence-electron chi connectivity index (χ2n) is 8.89. The van der Waals surface area contributed by atoms with E-state index < -0.39 is 0 Å². The second-order valence-corrected chi connectivity index (χ2v) is 8.89. The van der Waals surface area contributed by atoms with Gasteiger partial charge in [0, 0.05) is 0 Å². The van der Waals surface area contributed by atoms with E-state index in [-0.39, 0.29) is 39.7 Å². The molecule has 0 heterocycles. The maximum Gasteiger partial charge on any atom is -0.0178 e. The van der Waals surface area contributed by atoms with Crippen molar-refractivity contribution >= 4 is 64.0 Å². The first-order chi connectivity index (χ1) is 16.5. The number of halogens is 2. The van der Waals surface area contributed by atoms with Crippen molar-refractivity contribution in [1.29, 1.82) is 0 Å². The number of rotatable bonds is 1. The van der Waals surface area contributed by atoms with E-state index >= 15 is 0 Å². The third-order valence-corrected chi connectivity index (χ3v) is 6.93. The fraction of sp³-hybridized carbons (Fsp3) is 0.147. The maximum atomic E-state index is 3.36. The van der Waals surface area contributed by atoms with Gasteiger partial charge in [0.25, 0.3) is 0 Å². The first-order valence-corrected chi connectivity index (χ1v) is 15.8. The summed E-state index contributed by atoms with van der Waals surface area (Å²) in [7, 11) is 0. The van der Waals surface area contributed by atoms with Gasteiger partial charge < -0.3 is 14.9 Å². The summed E-state index contributed by atoms with van der Waals surface area (Å²) in [5.74, 6) is 0.560. The van der Waals surface area contributed by atoms with Gasteiger partial charge in [0.05, 0.1) is 0 Å². The third kappa shape index (κ3) is 7.64. The predicted molar refractivity (Wildman–Crippen MR) is 173 cm³/mol. The number of fused-ring (bicyclic) bond motifs is 3. The average Bonchev–Trinajstić information content (AvgIpc) is 3.40. The minimum Gasteiger partial charge on any atom is -0.150 e. The topological polar surface area (TPSA) is 0 Å². The molecule has 0 N–H and O–H groups in total. The maximum absolute atomic E-state index is 3.36. The van der Waals surface area contributed by atoms with E-state index in [0.717, 1.165) is 0 Å². The van der Waals surface area contributed by atoms with Crippen molar-refractivity contribution in [2.24, 2.45) is 5.92 Å². The van der Waals surface area contributed by atoms with Gasteiger partial charge in [0.1, 0.15) is 0 Å². The average molecular weight is 635 g/mol. The Labute approximate surface area is 259 Å². The molecule has 2 radical (unpaired) electrons. The molecule has 5 aromatic carbocycles. The zero-order valence-electron chi connectivity index (χ0n) is 23.1. The molecule has 38 heavy (non-hydrogen) atoms. The Morgan fingerprint density at radius 2 is 1.29 bits per heavy atom. The van der Waals surface area contributed by atoms with Gasteiger partial charge >= 0.3 is 30.2 Å². The summed E-state index contributed by atoms with van der Waals surface area (Å²) < 4.78 is 0. The zero-order valence-corrected chi connectivity index (χ0v) is 28.1. The van der Waals surface area contributed by atoms with Crippen molar-refractivity contribution in [1.82, 2.24) is 0 Å². The van der Waals surface area contributed by atoms with Crippen LogP contribution in [-0.4, -0.2) is 6.88 Å². The summed E-state index contributed by atoms with van der Waals surface area (Å²) in [5, 5.41) is 7.82. The van der Waals surface area contributed by atoms with Gasteiger partial charge in [-0.25, -0.2) is 5.57 Å². The van der Waals surface area contributed by atoms with Gasteiger partial charge in [-0.2, -0.15) is 11.1 Å². The van der Waals surface area contributed by atoms with Crippen LogP contribution in [0.25, 0.3) is 43.4 Å². The SMILES string of the molecule is CC1=[C-]C(C)C(C)=C1C.Cl.Cl.[CH3-].[CH3-].[Si]=[Zr].c1ccc2cc3cc(-c4c[cH-]c5ccccc45)ccc3cc2c1. The van der Waals surface area contributed by atoms with Crippen molar-refractivity contribution in [2.75, 3.05) is 0 Å². The Morgan fingerprint density at radius 1 is 0.737 bits per heavy atom. The minimum absolute atomic E-state index is 0. The molecule has 0 aliphatic heterocycles. The van der Waals surface area contributed by atoms with Crippen LogP contribution in [0.2, 0.25) is 0 Å². The zero-order chi connectivity index (χ0) is 24.2. The Hall–Kier alpha value is -1.83. The van der Waals surface area contributed by atoms with Gasteiger partial charge in [-0.15, -0.1) is 78.4 Å². The largest absolute Gasteiger partial charge is 0.150 e. The van der Waals surface area contributed by atoms with E-state index in [0.29, 0.717) is 5.92 Å². The number of hydrogen-bond acceptors (Lipinski definition) is 0. The number of benzene rings is 4. The van der Waals surface area contributed by atoms with E-state index in [4.69, 9.17) is 0 Å². The fourth-order valence-corrected chi connectivity index (χ4v) is 4.67. The van der Waals surface area contributed by atoms with Crippen LogP contribution in [0, 0.1) is 26.8 Å². The molecular weight excluding hydrogens is 599 g/mol. The van der Waals surface area contributed by atoms with Gasteiger partial charge in [-0.3, -0.25) is 6.08 Å². The van der Waals surface area contributed by atoms with Gasteiger partial charge in [0.2, 0.25) is 0 Å². The first-order valence-electron chi connectivity index (χ1n) is 11.6. The van der Waals surface area contributed by atoms with Crippen LogP contribution in [-0.2, 0) is 23.3 Å². The van der Waals surface area contributed by atoms with Crippen molar-refractivity contribution in [3.8, 4) is 11.1 Å². The summed E-state index contributed by atoms with van der Waals surface area (Å²) in [5.41, 5.74) is 6.85. The molecule has 0 spiro atoms. The Kier molecular flexibility index (Phi) is 15.5. The summed E-state index contributed by atoms with van der Waals surface area (Å²) in [6.07, 6.45) is 3.36.